The Kier molecular flexibility index (Phi) is 2.59. The van der Waals surface area contributed by atoms with Crippen molar-refractivity contribution in [3.63, 3.8) is 0 Å². The summed E-state index contributed by atoms with van der Waals surface area (Å²) in [4.78, 5) is 4.32. The predicted octanol–water partition coefficient (Wildman–Crippen LogP) is 3.56. The van der Waals surface area contributed by atoms with Crippen LogP contribution in [-0.4, -0.2) is 4.98 Å². The molecular weight excluding hydrogens is 229 g/mol. The van der Waals surface area contributed by atoms with Crippen LogP contribution >= 0.6 is 0 Å². The van der Waals surface area contributed by atoms with E-state index in [1.165, 1.54) is 12.1 Å². The maximum atomic E-state index is 13.3. The Morgan fingerprint density at radius 1 is 1.28 bits per heavy atom. The van der Waals surface area contributed by atoms with Gasteiger partial charge in [0.1, 0.15) is 18.2 Å². The molecule has 0 unspecified atom stereocenters. The Balaban J connectivity index is 2.25. The Bertz CT molecular complexity index is 634. The molecule has 2 nitrogen and oxygen atoms in total. The van der Waals surface area contributed by atoms with E-state index in [1.54, 1.807) is 12.3 Å². The predicted molar refractivity (Wildman–Crippen MR) is 67.7 cm³/mol. The molecule has 0 bridgehead atoms. The number of rotatable bonds is 0. The first-order valence-electron chi connectivity index (χ1n) is 5.83. The third kappa shape index (κ3) is 1.68. The van der Waals surface area contributed by atoms with Gasteiger partial charge in [0.25, 0.3) is 0 Å². The molecule has 0 radical (unpaired) electrons. The van der Waals surface area contributed by atoms with Crippen molar-refractivity contribution in [3.8, 4) is 5.75 Å². The summed E-state index contributed by atoms with van der Waals surface area (Å²) in [6.45, 7) is 2.33. The van der Waals surface area contributed by atoms with E-state index in [2.05, 4.69) is 4.98 Å². The van der Waals surface area contributed by atoms with E-state index in [0.29, 0.717) is 12.4 Å². The lowest BCUT2D eigenvalue weighted by molar-refractivity contribution is 0.301. The van der Waals surface area contributed by atoms with Gasteiger partial charge in [-0.1, -0.05) is 12.1 Å². The topological polar surface area (TPSA) is 22.1 Å². The molecule has 0 saturated heterocycles. The maximum Gasteiger partial charge on any atom is 0.131 e. The van der Waals surface area contributed by atoms with Crippen LogP contribution < -0.4 is 4.74 Å². The molecule has 0 amide bonds. The number of nitrogens with zero attached hydrogens (tertiary/aromatic N) is 1. The zero-order chi connectivity index (χ0) is 12.5. The Labute approximate surface area is 105 Å². The lowest BCUT2D eigenvalue weighted by Crippen LogP contribution is -1.98. The zero-order valence-electron chi connectivity index (χ0n) is 9.98. The largest absolute Gasteiger partial charge is 0.487 e. The van der Waals surface area contributed by atoms with E-state index < -0.39 is 0 Å². The van der Waals surface area contributed by atoms with Crippen LogP contribution in [0.4, 0.5) is 4.39 Å². The highest BCUT2D eigenvalue weighted by molar-refractivity contribution is 5.84. The van der Waals surface area contributed by atoms with E-state index >= 15 is 0 Å². The quantitative estimate of drug-likeness (QED) is 0.703. The monoisotopic (exact) mass is 241 g/mol. The van der Waals surface area contributed by atoms with Crippen molar-refractivity contribution in [3.05, 3.63) is 65.2 Å². The Morgan fingerprint density at radius 3 is 3.00 bits per heavy atom. The summed E-state index contributed by atoms with van der Waals surface area (Å²) in [7, 11) is 0. The SMILES string of the molecule is C/C=C1/c2ccc(F)cc2OCc2ncccc21. The molecule has 1 aromatic heterocycles. The molecule has 90 valence electrons. The van der Waals surface area contributed by atoms with Crippen LogP contribution in [-0.2, 0) is 6.61 Å². The Morgan fingerprint density at radius 2 is 2.17 bits per heavy atom. The summed E-state index contributed by atoms with van der Waals surface area (Å²) in [6, 6.07) is 8.54. The van der Waals surface area contributed by atoms with Gasteiger partial charge in [0.05, 0.1) is 5.69 Å². The van der Waals surface area contributed by atoms with Crippen LogP contribution in [0.1, 0.15) is 23.7 Å². The molecule has 18 heavy (non-hydrogen) atoms. The van der Waals surface area contributed by atoms with Gasteiger partial charge in [-0.15, -0.1) is 0 Å². The molecule has 0 spiro atoms. The average Bonchev–Trinajstić information content (AvgIpc) is 2.55. The summed E-state index contributed by atoms with van der Waals surface area (Å²) >= 11 is 0. The lowest BCUT2D eigenvalue weighted by atomic mass is 9.97. The number of aromatic nitrogens is 1. The van der Waals surface area contributed by atoms with E-state index in [4.69, 9.17) is 4.74 Å². The van der Waals surface area contributed by atoms with E-state index in [0.717, 1.165) is 22.4 Å². The van der Waals surface area contributed by atoms with Gasteiger partial charge in [-0.3, -0.25) is 4.98 Å². The summed E-state index contributed by atoms with van der Waals surface area (Å²) in [5, 5.41) is 0. The fraction of sp³-hybridized carbons (Fsp3) is 0.133. The average molecular weight is 241 g/mol. The van der Waals surface area contributed by atoms with Gasteiger partial charge >= 0.3 is 0 Å². The minimum Gasteiger partial charge on any atom is -0.487 e. The van der Waals surface area contributed by atoms with Crippen molar-refractivity contribution < 1.29 is 9.13 Å². The van der Waals surface area contributed by atoms with Gasteiger partial charge in [-0.25, -0.2) is 4.39 Å². The molecule has 1 aliphatic rings. The van der Waals surface area contributed by atoms with Crippen LogP contribution in [0.3, 0.4) is 0 Å². The molecule has 0 fully saturated rings. The third-order valence-corrected chi connectivity index (χ3v) is 3.07. The van der Waals surface area contributed by atoms with Gasteiger partial charge in [0.2, 0.25) is 0 Å². The second-order valence-electron chi connectivity index (χ2n) is 4.13. The van der Waals surface area contributed by atoms with Crippen LogP contribution in [0.25, 0.3) is 5.57 Å². The van der Waals surface area contributed by atoms with Gasteiger partial charge in [-0.2, -0.15) is 0 Å². The first kappa shape index (κ1) is 11.0. The summed E-state index contributed by atoms with van der Waals surface area (Å²) in [6.07, 6.45) is 3.75. The number of halogens is 1. The van der Waals surface area contributed by atoms with Gasteiger partial charge in [0, 0.05) is 23.4 Å². The number of ether oxygens (including phenoxy) is 1. The summed E-state index contributed by atoms with van der Waals surface area (Å²) < 4.78 is 18.9. The summed E-state index contributed by atoms with van der Waals surface area (Å²) in [5.41, 5.74) is 3.86. The molecule has 0 atom stereocenters. The standard InChI is InChI=1S/C15H12FNO/c1-2-11-12-4-3-7-17-14(12)9-18-15-8-10(16)5-6-13(11)15/h2-8H,9H2,1H3/b11-2+. The zero-order valence-corrected chi connectivity index (χ0v) is 9.98. The first-order chi connectivity index (χ1) is 8.79. The molecule has 1 aromatic carbocycles. The number of fused-ring (bicyclic) bond motifs is 2. The second kappa shape index (κ2) is 4.26. The molecule has 3 rings (SSSR count). The van der Waals surface area contributed by atoms with Gasteiger partial charge in [-0.05, 0) is 30.7 Å². The summed E-state index contributed by atoms with van der Waals surface area (Å²) in [5.74, 6) is 0.282. The van der Waals surface area contributed by atoms with Crippen molar-refractivity contribution in [2.75, 3.05) is 0 Å². The molecule has 2 aromatic rings. The maximum absolute atomic E-state index is 13.3. The molecule has 2 heterocycles. The Hall–Kier alpha value is -2.16. The number of hydrogen-bond acceptors (Lipinski definition) is 2. The van der Waals surface area contributed by atoms with Crippen molar-refractivity contribution in [1.82, 2.24) is 4.98 Å². The normalized spacial score (nSPS) is 15.6. The highest BCUT2D eigenvalue weighted by atomic mass is 19.1. The molecule has 1 aliphatic heterocycles. The number of benzene rings is 1. The van der Waals surface area contributed by atoms with Gasteiger partial charge in [0.15, 0.2) is 0 Å². The van der Waals surface area contributed by atoms with Crippen molar-refractivity contribution in [2.45, 2.75) is 13.5 Å². The van der Waals surface area contributed by atoms with E-state index in [9.17, 15) is 4.39 Å². The molecule has 0 saturated carbocycles. The second-order valence-corrected chi connectivity index (χ2v) is 4.13. The van der Waals surface area contributed by atoms with Crippen LogP contribution in [0, 0.1) is 5.82 Å². The lowest BCUT2D eigenvalue weighted by Gasteiger charge is -2.09. The molecule has 0 aliphatic carbocycles. The van der Waals surface area contributed by atoms with Crippen LogP contribution in [0.15, 0.2) is 42.6 Å². The fourth-order valence-corrected chi connectivity index (χ4v) is 2.24. The van der Waals surface area contributed by atoms with Crippen LogP contribution in [0.5, 0.6) is 5.75 Å². The van der Waals surface area contributed by atoms with Crippen molar-refractivity contribution >= 4 is 5.57 Å². The minimum absolute atomic E-state index is 0.289. The van der Waals surface area contributed by atoms with E-state index in [-0.39, 0.29) is 5.82 Å². The number of allylic oxidation sites excluding steroid dienone is 1. The third-order valence-electron chi connectivity index (χ3n) is 3.07. The first-order valence-corrected chi connectivity index (χ1v) is 5.83. The highest BCUT2D eigenvalue weighted by Gasteiger charge is 2.19. The molecule has 0 N–H and O–H groups in total. The minimum atomic E-state index is -0.289. The molecule has 3 heteroatoms. The van der Waals surface area contributed by atoms with Gasteiger partial charge < -0.3 is 4.74 Å². The van der Waals surface area contributed by atoms with E-state index in [1.807, 2.05) is 25.1 Å². The molecular formula is C15H12FNO. The van der Waals surface area contributed by atoms with Crippen molar-refractivity contribution in [1.29, 1.82) is 0 Å². The fourth-order valence-electron chi connectivity index (χ4n) is 2.24. The number of hydrogen-bond donors (Lipinski definition) is 0. The smallest absolute Gasteiger partial charge is 0.131 e. The number of pyridine rings is 1. The van der Waals surface area contributed by atoms with Crippen molar-refractivity contribution in [2.24, 2.45) is 0 Å². The van der Waals surface area contributed by atoms with Crippen LogP contribution in [0.2, 0.25) is 0 Å². The highest BCUT2D eigenvalue weighted by Crippen LogP contribution is 2.36.